The van der Waals surface area contributed by atoms with Crippen molar-refractivity contribution in [2.45, 2.75) is 39.8 Å². The lowest BCUT2D eigenvalue weighted by atomic mass is 10.2. The highest BCUT2D eigenvalue weighted by Crippen LogP contribution is 2.12. The number of hydrogen-bond donors (Lipinski definition) is 1. The highest BCUT2D eigenvalue weighted by atomic mass is 35.5. The minimum absolute atomic E-state index is 0.0981. The second-order valence-corrected chi connectivity index (χ2v) is 7.04. The summed E-state index contributed by atoms with van der Waals surface area (Å²) in [6.45, 7) is 4.22. The van der Waals surface area contributed by atoms with Gasteiger partial charge in [-0.05, 0) is 31.5 Å². The second kappa shape index (κ2) is 8.91. The average Bonchev–Trinajstić information content (AvgIpc) is 3.11. The minimum atomic E-state index is -0.709. The van der Waals surface area contributed by atoms with Crippen molar-refractivity contribution in [1.82, 2.24) is 19.6 Å². The van der Waals surface area contributed by atoms with Crippen LogP contribution < -0.4 is 16.6 Å². The van der Waals surface area contributed by atoms with Crippen LogP contribution in [0.15, 0.2) is 50.6 Å². The van der Waals surface area contributed by atoms with Crippen LogP contribution in [0.25, 0.3) is 5.69 Å². The van der Waals surface area contributed by atoms with Gasteiger partial charge in [-0.1, -0.05) is 36.2 Å². The maximum Gasteiger partial charge on any atom is 0.335 e. The fourth-order valence-corrected chi connectivity index (χ4v) is 3.04. The molecule has 1 N–H and O–H groups in total. The van der Waals surface area contributed by atoms with E-state index in [1.807, 2.05) is 6.92 Å². The number of nitrogens with one attached hydrogen (secondary N) is 1. The van der Waals surface area contributed by atoms with Crippen molar-refractivity contribution in [3.63, 3.8) is 0 Å². The Balaban J connectivity index is 2.03. The molecule has 0 radical (unpaired) electrons. The highest BCUT2D eigenvalue weighted by molar-refractivity contribution is 6.30. The van der Waals surface area contributed by atoms with Crippen molar-refractivity contribution in [1.29, 1.82) is 0 Å². The maximum absolute atomic E-state index is 13.0. The molecule has 152 valence electrons. The molecule has 2 heterocycles. The number of benzene rings is 1. The van der Waals surface area contributed by atoms with Gasteiger partial charge in [0.05, 0.1) is 12.2 Å². The number of rotatable bonds is 7. The summed E-state index contributed by atoms with van der Waals surface area (Å²) in [7, 11) is 0. The Bertz CT molecular complexity index is 1150. The molecular formula is C20H21ClN4O4. The fourth-order valence-electron chi connectivity index (χ4n) is 2.86. The first-order valence-electron chi connectivity index (χ1n) is 9.23. The summed E-state index contributed by atoms with van der Waals surface area (Å²) < 4.78 is 7.31. The van der Waals surface area contributed by atoms with Crippen LogP contribution in [0.2, 0.25) is 5.02 Å². The van der Waals surface area contributed by atoms with Crippen LogP contribution in [0.3, 0.4) is 0 Å². The summed E-state index contributed by atoms with van der Waals surface area (Å²) in [4.78, 5) is 38.6. The number of nitrogens with zero attached hydrogens (tertiary/aromatic N) is 3. The molecule has 0 fully saturated rings. The van der Waals surface area contributed by atoms with Gasteiger partial charge >= 0.3 is 5.69 Å². The first-order chi connectivity index (χ1) is 13.9. The third-order valence-electron chi connectivity index (χ3n) is 4.33. The average molecular weight is 417 g/mol. The first kappa shape index (κ1) is 20.6. The van der Waals surface area contributed by atoms with Gasteiger partial charge in [0.1, 0.15) is 17.0 Å². The second-order valence-electron chi connectivity index (χ2n) is 6.60. The Morgan fingerprint density at radius 3 is 2.72 bits per heavy atom. The fraction of sp³-hybridized carbons (Fsp3) is 0.300. The Kier molecular flexibility index (Phi) is 6.33. The van der Waals surface area contributed by atoms with Gasteiger partial charge in [-0.3, -0.25) is 14.2 Å². The molecule has 0 aliphatic heterocycles. The van der Waals surface area contributed by atoms with E-state index in [1.54, 1.807) is 31.2 Å². The number of aryl methyl sites for hydroxylation is 2. The van der Waals surface area contributed by atoms with E-state index in [1.165, 1.54) is 16.8 Å². The zero-order valence-electron chi connectivity index (χ0n) is 16.1. The Labute approximate surface area is 171 Å². The van der Waals surface area contributed by atoms with Gasteiger partial charge in [0.15, 0.2) is 0 Å². The summed E-state index contributed by atoms with van der Waals surface area (Å²) in [6, 6.07) is 8.07. The molecule has 0 saturated carbocycles. The molecule has 3 rings (SSSR count). The number of unbranched alkanes of at least 4 members (excludes halogenated alkanes) is 1. The van der Waals surface area contributed by atoms with Crippen LogP contribution >= 0.6 is 11.6 Å². The van der Waals surface area contributed by atoms with E-state index < -0.39 is 17.2 Å². The van der Waals surface area contributed by atoms with E-state index >= 15 is 0 Å². The van der Waals surface area contributed by atoms with E-state index in [-0.39, 0.29) is 12.1 Å². The third kappa shape index (κ3) is 4.65. The van der Waals surface area contributed by atoms with Gasteiger partial charge < -0.3 is 9.84 Å². The SMILES string of the molecule is CCCCn1cc(C(=O)NCc2cc(C)on2)c(=O)n(-c2cccc(Cl)c2)c1=O. The standard InChI is InChI=1S/C20H21ClN4O4/c1-3-4-8-24-12-17(18(26)22-11-15-9-13(2)29-23-15)19(27)25(20(24)28)16-7-5-6-14(21)10-16/h5-7,9-10,12H,3-4,8,11H2,1-2H3,(H,22,26). The number of amides is 1. The molecule has 0 spiro atoms. The molecule has 0 unspecified atom stereocenters. The molecule has 1 amide bonds. The summed E-state index contributed by atoms with van der Waals surface area (Å²) in [5.74, 6) is 0.0161. The Hall–Kier alpha value is -3.13. The lowest BCUT2D eigenvalue weighted by Crippen LogP contribution is -2.43. The predicted molar refractivity (Wildman–Crippen MR) is 109 cm³/mol. The molecule has 8 nitrogen and oxygen atoms in total. The molecule has 0 saturated heterocycles. The van der Waals surface area contributed by atoms with Crippen LogP contribution in [-0.4, -0.2) is 20.2 Å². The molecular weight excluding hydrogens is 396 g/mol. The van der Waals surface area contributed by atoms with E-state index in [0.29, 0.717) is 28.7 Å². The molecule has 2 aromatic heterocycles. The van der Waals surface area contributed by atoms with Crippen molar-refractivity contribution in [2.75, 3.05) is 0 Å². The summed E-state index contributed by atoms with van der Waals surface area (Å²) in [5, 5.41) is 6.83. The Morgan fingerprint density at radius 2 is 2.07 bits per heavy atom. The zero-order valence-corrected chi connectivity index (χ0v) is 16.9. The smallest absolute Gasteiger partial charge is 0.335 e. The molecule has 0 atom stereocenters. The lowest BCUT2D eigenvalue weighted by Gasteiger charge is -2.13. The maximum atomic E-state index is 13.0. The highest BCUT2D eigenvalue weighted by Gasteiger charge is 2.19. The van der Waals surface area contributed by atoms with Crippen molar-refractivity contribution in [3.8, 4) is 5.69 Å². The van der Waals surface area contributed by atoms with Gasteiger partial charge in [0.25, 0.3) is 11.5 Å². The van der Waals surface area contributed by atoms with E-state index in [0.717, 1.165) is 17.4 Å². The van der Waals surface area contributed by atoms with Gasteiger partial charge in [-0.25, -0.2) is 9.36 Å². The molecule has 29 heavy (non-hydrogen) atoms. The van der Waals surface area contributed by atoms with Crippen molar-refractivity contribution >= 4 is 17.5 Å². The van der Waals surface area contributed by atoms with E-state index in [4.69, 9.17) is 16.1 Å². The molecule has 0 bridgehead atoms. The summed E-state index contributed by atoms with van der Waals surface area (Å²) in [6.07, 6.45) is 2.90. The topological polar surface area (TPSA) is 99.1 Å². The van der Waals surface area contributed by atoms with Crippen LogP contribution in [0.1, 0.15) is 41.6 Å². The number of carbonyl (C=O) groups is 1. The van der Waals surface area contributed by atoms with Gasteiger partial charge in [0.2, 0.25) is 0 Å². The van der Waals surface area contributed by atoms with Crippen LogP contribution in [0.4, 0.5) is 0 Å². The minimum Gasteiger partial charge on any atom is -0.361 e. The van der Waals surface area contributed by atoms with Crippen molar-refractivity contribution in [2.24, 2.45) is 0 Å². The monoisotopic (exact) mass is 416 g/mol. The predicted octanol–water partition coefficient (Wildman–Crippen LogP) is 2.68. The lowest BCUT2D eigenvalue weighted by molar-refractivity contribution is 0.0947. The van der Waals surface area contributed by atoms with E-state index in [2.05, 4.69) is 10.5 Å². The van der Waals surface area contributed by atoms with Crippen molar-refractivity contribution in [3.05, 3.63) is 79.4 Å². The third-order valence-corrected chi connectivity index (χ3v) is 4.56. The van der Waals surface area contributed by atoms with Gasteiger partial charge in [-0.2, -0.15) is 0 Å². The van der Waals surface area contributed by atoms with Gasteiger partial charge in [-0.15, -0.1) is 0 Å². The molecule has 0 aliphatic rings. The first-order valence-corrected chi connectivity index (χ1v) is 9.61. The normalized spacial score (nSPS) is 10.9. The number of carbonyl (C=O) groups excluding carboxylic acids is 1. The number of aromatic nitrogens is 3. The largest absolute Gasteiger partial charge is 0.361 e. The van der Waals surface area contributed by atoms with Crippen LogP contribution in [0, 0.1) is 6.92 Å². The quantitative estimate of drug-likeness (QED) is 0.638. The summed E-state index contributed by atoms with van der Waals surface area (Å²) in [5.41, 5.74) is -0.529. The van der Waals surface area contributed by atoms with Gasteiger partial charge in [0, 0.05) is 23.8 Å². The van der Waals surface area contributed by atoms with Crippen LogP contribution in [0.5, 0.6) is 0 Å². The number of halogens is 1. The molecule has 0 aliphatic carbocycles. The zero-order chi connectivity index (χ0) is 21.0. The van der Waals surface area contributed by atoms with Crippen molar-refractivity contribution < 1.29 is 9.32 Å². The number of hydrogen-bond acceptors (Lipinski definition) is 5. The Morgan fingerprint density at radius 1 is 1.28 bits per heavy atom. The molecule has 9 heteroatoms. The molecule has 3 aromatic rings. The van der Waals surface area contributed by atoms with Crippen LogP contribution in [-0.2, 0) is 13.1 Å². The molecule has 1 aromatic carbocycles. The van der Waals surface area contributed by atoms with E-state index in [9.17, 15) is 14.4 Å². The summed E-state index contributed by atoms with van der Waals surface area (Å²) >= 11 is 6.03.